The van der Waals surface area contributed by atoms with E-state index in [1.807, 2.05) is 0 Å². The molecule has 4 atom stereocenters. The average molecular weight is 387 g/mol. The van der Waals surface area contributed by atoms with Gasteiger partial charge in [0, 0.05) is 6.61 Å². The highest BCUT2D eigenvalue weighted by atomic mass is 16.6. The molecule has 1 aliphatic heterocycles. The Hall–Kier alpha value is -0.460. The first kappa shape index (κ1) is 24.6. The molecule has 0 aromatic rings. The molecule has 0 bridgehead atoms. The first-order valence-corrected chi connectivity index (χ1v) is 11.1. The maximum Gasteiger partial charge on any atom is 0.111 e. The molecule has 0 saturated carbocycles. The van der Waals surface area contributed by atoms with E-state index < -0.39 is 24.4 Å². The third kappa shape index (κ3) is 11.2. The van der Waals surface area contributed by atoms with Gasteiger partial charge >= 0.3 is 0 Å². The molecule has 3 N–H and O–H groups in total. The SMILES string of the molecule is CCCCC/C=C/CCCCCCCCCO[C@@H]1CO[C@@H](CO)[C@H](O)[C@H]1O. The molecule has 1 saturated heterocycles. The van der Waals surface area contributed by atoms with Crippen molar-refractivity contribution in [3.63, 3.8) is 0 Å². The predicted molar refractivity (Wildman–Crippen MR) is 109 cm³/mol. The Bertz CT molecular complexity index is 361. The fourth-order valence-corrected chi connectivity index (χ4v) is 3.39. The van der Waals surface area contributed by atoms with Crippen molar-refractivity contribution in [2.45, 2.75) is 108 Å². The average Bonchev–Trinajstić information content (AvgIpc) is 2.68. The van der Waals surface area contributed by atoms with Crippen molar-refractivity contribution < 1.29 is 24.8 Å². The zero-order valence-corrected chi connectivity index (χ0v) is 17.2. The van der Waals surface area contributed by atoms with Crippen molar-refractivity contribution in [3.05, 3.63) is 12.2 Å². The molecule has 27 heavy (non-hydrogen) atoms. The summed E-state index contributed by atoms with van der Waals surface area (Å²) in [5.41, 5.74) is 0. The summed E-state index contributed by atoms with van der Waals surface area (Å²) in [6.07, 6.45) is 16.3. The molecule has 0 aliphatic carbocycles. The molecule has 1 heterocycles. The zero-order chi connectivity index (χ0) is 19.7. The van der Waals surface area contributed by atoms with Crippen molar-refractivity contribution in [3.8, 4) is 0 Å². The predicted octanol–water partition coefficient (Wildman–Crippen LogP) is 3.74. The summed E-state index contributed by atoms with van der Waals surface area (Å²) in [7, 11) is 0. The van der Waals surface area contributed by atoms with Gasteiger partial charge in [-0.2, -0.15) is 0 Å². The lowest BCUT2D eigenvalue weighted by atomic mass is 10.0. The Labute approximate surface area is 165 Å². The molecular weight excluding hydrogens is 344 g/mol. The molecule has 5 nitrogen and oxygen atoms in total. The highest BCUT2D eigenvalue weighted by molar-refractivity contribution is 4.87. The lowest BCUT2D eigenvalue weighted by Crippen LogP contribution is -2.55. The van der Waals surface area contributed by atoms with Crippen molar-refractivity contribution in [2.75, 3.05) is 19.8 Å². The monoisotopic (exact) mass is 386 g/mol. The quantitative estimate of drug-likeness (QED) is 0.278. The lowest BCUT2D eigenvalue weighted by Gasteiger charge is -2.36. The maximum atomic E-state index is 9.98. The third-order valence-electron chi connectivity index (χ3n) is 5.25. The van der Waals surface area contributed by atoms with Crippen LogP contribution in [0.1, 0.15) is 84.0 Å². The Morgan fingerprint density at radius 1 is 0.852 bits per heavy atom. The summed E-state index contributed by atoms with van der Waals surface area (Å²) in [5, 5.41) is 28.8. The van der Waals surface area contributed by atoms with Crippen LogP contribution in [0.2, 0.25) is 0 Å². The second-order valence-corrected chi connectivity index (χ2v) is 7.68. The van der Waals surface area contributed by atoms with Gasteiger partial charge in [0.25, 0.3) is 0 Å². The van der Waals surface area contributed by atoms with E-state index in [1.54, 1.807) is 0 Å². The van der Waals surface area contributed by atoms with Crippen LogP contribution in [0, 0.1) is 0 Å². The third-order valence-corrected chi connectivity index (χ3v) is 5.25. The van der Waals surface area contributed by atoms with Crippen LogP contribution in [0.4, 0.5) is 0 Å². The maximum absolute atomic E-state index is 9.98. The number of aliphatic hydroxyl groups is 3. The summed E-state index contributed by atoms with van der Waals surface area (Å²) < 4.78 is 10.9. The second-order valence-electron chi connectivity index (χ2n) is 7.68. The number of hydrogen-bond donors (Lipinski definition) is 3. The molecular formula is C22H42O5. The molecule has 0 spiro atoms. The molecule has 160 valence electrons. The summed E-state index contributed by atoms with van der Waals surface area (Å²) >= 11 is 0. The molecule has 0 radical (unpaired) electrons. The van der Waals surface area contributed by atoms with Gasteiger partial charge in [-0.25, -0.2) is 0 Å². The number of allylic oxidation sites excluding steroid dienone is 2. The van der Waals surface area contributed by atoms with Gasteiger partial charge in [-0.1, -0.05) is 64.0 Å². The van der Waals surface area contributed by atoms with E-state index in [1.165, 1.54) is 64.2 Å². The van der Waals surface area contributed by atoms with Gasteiger partial charge in [-0.15, -0.1) is 0 Å². The van der Waals surface area contributed by atoms with Gasteiger partial charge < -0.3 is 24.8 Å². The van der Waals surface area contributed by atoms with Crippen molar-refractivity contribution in [1.29, 1.82) is 0 Å². The van der Waals surface area contributed by atoms with Crippen LogP contribution in [0.15, 0.2) is 12.2 Å². The van der Waals surface area contributed by atoms with Crippen LogP contribution in [-0.2, 0) is 9.47 Å². The van der Waals surface area contributed by atoms with Crippen LogP contribution in [-0.4, -0.2) is 59.6 Å². The molecule has 0 unspecified atom stereocenters. The summed E-state index contributed by atoms with van der Waals surface area (Å²) in [6, 6.07) is 0. The van der Waals surface area contributed by atoms with E-state index in [4.69, 9.17) is 14.6 Å². The molecule has 0 aromatic carbocycles. The van der Waals surface area contributed by atoms with E-state index in [0.29, 0.717) is 6.61 Å². The van der Waals surface area contributed by atoms with Crippen LogP contribution in [0.5, 0.6) is 0 Å². The Morgan fingerprint density at radius 3 is 2.07 bits per heavy atom. The van der Waals surface area contributed by atoms with Crippen LogP contribution < -0.4 is 0 Å². The molecule has 5 heteroatoms. The van der Waals surface area contributed by atoms with Crippen LogP contribution >= 0.6 is 0 Å². The molecule has 0 amide bonds. The Balaban J connectivity index is 1.87. The minimum absolute atomic E-state index is 0.219. The number of ether oxygens (including phenoxy) is 2. The van der Waals surface area contributed by atoms with Gasteiger partial charge in [-0.3, -0.25) is 0 Å². The topological polar surface area (TPSA) is 79.2 Å². The van der Waals surface area contributed by atoms with Crippen molar-refractivity contribution in [2.24, 2.45) is 0 Å². The number of rotatable bonds is 16. The Kier molecular flexibility index (Phi) is 15.0. The standard InChI is InChI=1S/C22H42O5/c1-2-3-4-5-6-7-8-9-10-11-12-13-14-15-16-26-20-18-27-19(17-23)21(24)22(20)25/h6-7,19-25H,2-5,8-18H2,1H3/b7-6+/t19-,20+,21-,22-/m0/s1. The lowest BCUT2D eigenvalue weighted by molar-refractivity contribution is -0.208. The minimum Gasteiger partial charge on any atom is -0.394 e. The van der Waals surface area contributed by atoms with Gasteiger partial charge in [0.15, 0.2) is 0 Å². The molecule has 0 aromatic heterocycles. The molecule has 1 rings (SSSR count). The van der Waals surface area contributed by atoms with E-state index >= 15 is 0 Å². The minimum atomic E-state index is -1.08. The van der Waals surface area contributed by atoms with Crippen molar-refractivity contribution >= 4 is 0 Å². The smallest absolute Gasteiger partial charge is 0.111 e. The summed E-state index contributed by atoms with van der Waals surface area (Å²) in [6.45, 7) is 2.74. The first-order valence-electron chi connectivity index (χ1n) is 11.1. The van der Waals surface area contributed by atoms with E-state index in [0.717, 1.165) is 12.8 Å². The second kappa shape index (κ2) is 16.5. The highest BCUT2D eigenvalue weighted by Gasteiger charge is 2.38. The first-order chi connectivity index (χ1) is 13.2. The number of aliphatic hydroxyl groups excluding tert-OH is 3. The number of hydrogen-bond acceptors (Lipinski definition) is 5. The van der Waals surface area contributed by atoms with Crippen LogP contribution in [0.25, 0.3) is 0 Å². The zero-order valence-electron chi connectivity index (χ0n) is 17.2. The molecule has 1 aliphatic rings. The van der Waals surface area contributed by atoms with E-state index in [-0.39, 0.29) is 13.2 Å². The van der Waals surface area contributed by atoms with Gasteiger partial charge in [-0.05, 0) is 32.1 Å². The van der Waals surface area contributed by atoms with Crippen LogP contribution in [0.3, 0.4) is 0 Å². The molecule has 1 fully saturated rings. The fraction of sp³-hybridized carbons (Fsp3) is 0.909. The summed E-state index contributed by atoms with van der Waals surface area (Å²) in [5.74, 6) is 0. The Morgan fingerprint density at radius 2 is 1.44 bits per heavy atom. The normalized spacial score (nSPS) is 26.1. The van der Waals surface area contributed by atoms with Gasteiger partial charge in [0.05, 0.1) is 13.2 Å². The fourth-order valence-electron chi connectivity index (χ4n) is 3.39. The van der Waals surface area contributed by atoms with Gasteiger partial charge in [0.1, 0.15) is 24.4 Å². The van der Waals surface area contributed by atoms with E-state index in [2.05, 4.69) is 19.1 Å². The van der Waals surface area contributed by atoms with E-state index in [9.17, 15) is 10.2 Å². The van der Waals surface area contributed by atoms with Crippen molar-refractivity contribution in [1.82, 2.24) is 0 Å². The highest BCUT2D eigenvalue weighted by Crippen LogP contribution is 2.18. The van der Waals surface area contributed by atoms with Gasteiger partial charge in [0.2, 0.25) is 0 Å². The summed E-state index contributed by atoms with van der Waals surface area (Å²) in [4.78, 5) is 0. The largest absolute Gasteiger partial charge is 0.394 e. The number of unbranched alkanes of at least 4 members (excludes halogenated alkanes) is 10.